The summed E-state index contributed by atoms with van der Waals surface area (Å²) in [6, 6.07) is 2.29. The van der Waals surface area contributed by atoms with E-state index in [1.54, 1.807) is 0 Å². The minimum Gasteiger partial charge on any atom is -0.330 e. The van der Waals surface area contributed by atoms with E-state index in [2.05, 4.69) is 0 Å². The van der Waals surface area contributed by atoms with E-state index in [1.165, 1.54) is 0 Å². The fourth-order valence-electron chi connectivity index (χ4n) is 2.22. The fourth-order valence-corrected chi connectivity index (χ4v) is 4.26. The first-order valence-electron chi connectivity index (χ1n) is 6.23. The van der Waals surface area contributed by atoms with Gasteiger partial charge in [-0.3, -0.25) is 0 Å². The monoisotopic (exact) mass is 342 g/mol. The Hall–Kier alpha value is -0.830. The minimum absolute atomic E-state index is 0.0179. The summed E-state index contributed by atoms with van der Waals surface area (Å²) in [5.41, 5.74) is 4.45. The van der Waals surface area contributed by atoms with Crippen LogP contribution in [0.15, 0.2) is 23.1 Å². The standard InChI is InChI=1S/C12H14ClF3N2O2S/c13-10-2-1-9(12(14,15)16)5-11(10)21(19,20)18-4-3-8(6-17)7-18/h1-2,5,8H,3-4,6-7,17H2/t8-/m0/s1. The highest BCUT2D eigenvalue weighted by molar-refractivity contribution is 7.89. The molecule has 118 valence electrons. The van der Waals surface area contributed by atoms with Crippen molar-refractivity contribution >= 4 is 21.6 Å². The maximum Gasteiger partial charge on any atom is 0.416 e. The van der Waals surface area contributed by atoms with Crippen LogP contribution in [0.25, 0.3) is 0 Å². The van der Waals surface area contributed by atoms with Gasteiger partial charge in [-0.05, 0) is 37.1 Å². The molecule has 1 heterocycles. The van der Waals surface area contributed by atoms with E-state index in [0.29, 0.717) is 19.0 Å². The molecule has 9 heteroatoms. The van der Waals surface area contributed by atoms with E-state index < -0.39 is 26.7 Å². The average Bonchev–Trinajstić information content (AvgIpc) is 2.87. The molecular weight excluding hydrogens is 329 g/mol. The molecule has 1 aromatic rings. The number of alkyl halides is 3. The molecule has 0 saturated carbocycles. The Morgan fingerprint density at radius 1 is 1.38 bits per heavy atom. The molecule has 0 amide bonds. The SMILES string of the molecule is NC[C@@H]1CCN(S(=O)(=O)c2cc(C(F)(F)F)ccc2Cl)C1. The van der Waals surface area contributed by atoms with Gasteiger partial charge in [0.25, 0.3) is 0 Å². The molecule has 0 spiro atoms. The summed E-state index contributed by atoms with van der Waals surface area (Å²) in [6.07, 6.45) is -4.04. The molecule has 1 fully saturated rings. The second-order valence-electron chi connectivity index (χ2n) is 4.90. The van der Waals surface area contributed by atoms with Gasteiger partial charge >= 0.3 is 6.18 Å². The highest BCUT2D eigenvalue weighted by atomic mass is 35.5. The van der Waals surface area contributed by atoms with Crippen molar-refractivity contribution in [3.63, 3.8) is 0 Å². The number of nitrogens with two attached hydrogens (primary N) is 1. The van der Waals surface area contributed by atoms with Crippen molar-refractivity contribution in [3.05, 3.63) is 28.8 Å². The summed E-state index contributed by atoms with van der Waals surface area (Å²) >= 11 is 5.78. The van der Waals surface area contributed by atoms with Gasteiger partial charge in [0.05, 0.1) is 10.6 Å². The number of nitrogens with zero attached hydrogens (tertiary/aromatic N) is 1. The van der Waals surface area contributed by atoms with Gasteiger partial charge in [0.1, 0.15) is 4.90 Å². The summed E-state index contributed by atoms with van der Waals surface area (Å²) < 4.78 is 64.1. The van der Waals surface area contributed by atoms with Crippen LogP contribution in [0.5, 0.6) is 0 Å². The fraction of sp³-hybridized carbons (Fsp3) is 0.500. The molecule has 1 aliphatic rings. The molecule has 1 aromatic carbocycles. The molecule has 0 bridgehead atoms. The molecule has 21 heavy (non-hydrogen) atoms. The van der Waals surface area contributed by atoms with Crippen molar-refractivity contribution in [2.75, 3.05) is 19.6 Å². The molecule has 1 aliphatic heterocycles. The molecular formula is C12H14ClF3N2O2S. The molecule has 1 atom stereocenters. The largest absolute Gasteiger partial charge is 0.416 e. The Morgan fingerprint density at radius 2 is 2.05 bits per heavy atom. The third-order valence-corrected chi connectivity index (χ3v) is 5.80. The number of hydrogen-bond donors (Lipinski definition) is 1. The van der Waals surface area contributed by atoms with Crippen LogP contribution in [0.4, 0.5) is 13.2 Å². The van der Waals surface area contributed by atoms with Gasteiger partial charge in [-0.1, -0.05) is 11.6 Å². The van der Waals surface area contributed by atoms with Crippen LogP contribution in [0.2, 0.25) is 5.02 Å². The molecule has 4 nitrogen and oxygen atoms in total. The van der Waals surface area contributed by atoms with Gasteiger partial charge < -0.3 is 5.73 Å². The maximum atomic E-state index is 12.7. The highest BCUT2D eigenvalue weighted by Gasteiger charge is 2.36. The summed E-state index contributed by atoms with van der Waals surface area (Å²) in [7, 11) is -4.05. The van der Waals surface area contributed by atoms with Crippen LogP contribution in [0.1, 0.15) is 12.0 Å². The molecule has 2 N–H and O–H groups in total. The minimum atomic E-state index is -4.63. The van der Waals surface area contributed by atoms with Gasteiger partial charge in [0, 0.05) is 13.1 Å². The van der Waals surface area contributed by atoms with Crippen molar-refractivity contribution in [2.24, 2.45) is 11.7 Å². The zero-order chi connectivity index (χ0) is 15.8. The third kappa shape index (κ3) is 3.33. The first-order chi connectivity index (χ1) is 9.66. The van der Waals surface area contributed by atoms with Crippen LogP contribution in [-0.4, -0.2) is 32.4 Å². The van der Waals surface area contributed by atoms with E-state index >= 15 is 0 Å². The lowest BCUT2D eigenvalue weighted by molar-refractivity contribution is -0.137. The topological polar surface area (TPSA) is 63.4 Å². The Balaban J connectivity index is 2.41. The van der Waals surface area contributed by atoms with Crippen LogP contribution in [-0.2, 0) is 16.2 Å². The zero-order valence-corrected chi connectivity index (χ0v) is 12.5. The Bertz CT molecular complexity index is 634. The molecule has 1 saturated heterocycles. The molecule has 0 aromatic heterocycles. The smallest absolute Gasteiger partial charge is 0.330 e. The molecule has 2 rings (SSSR count). The quantitative estimate of drug-likeness (QED) is 0.917. The van der Waals surface area contributed by atoms with E-state index in [1.807, 2.05) is 0 Å². The summed E-state index contributed by atoms with van der Waals surface area (Å²) in [4.78, 5) is -0.517. The lowest BCUT2D eigenvalue weighted by Crippen LogP contribution is -2.30. The summed E-state index contributed by atoms with van der Waals surface area (Å²) in [5, 5.41) is -0.223. The second kappa shape index (κ2) is 5.75. The lowest BCUT2D eigenvalue weighted by atomic mass is 10.1. The van der Waals surface area contributed by atoms with E-state index in [0.717, 1.165) is 16.4 Å². The van der Waals surface area contributed by atoms with Gasteiger partial charge in [-0.2, -0.15) is 17.5 Å². The number of halogens is 4. The first kappa shape index (κ1) is 16.5. The third-order valence-electron chi connectivity index (χ3n) is 3.46. The van der Waals surface area contributed by atoms with Crippen molar-refractivity contribution in [3.8, 4) is 0 Å². The van der Waals surface area contributed by atoms with Crippen LogP contribution >= 0.6 is 11.6 Å². The van der Waals surface area contributed by atoms with E-state index in [-0.39, 0.29) is 24.0 Å². The van der Waals surface area contributed by atoms with E-state index in [9.17, 15) is 21.6 Å². The predicted molar refractivity (Wildman–Crippen MR) is 72.4 cm³/mol. The number of rotatable bonds is 3. The number of benzene rings is 1. The number of sulfonamides is 1. The van der Waals surface area contributed by atoms with Crippen molar-refractivity contribution in [1.29, 1.82) is 0 Å². The van der Waals surface area contributed by atoms with E-state index in [4.69, 9.17) is 17.3 Å². The maximum absolute atomic E-state index is 12.7. The molecule has 0 radical (unpaired) electrons. The highest BCUT2D eigenvalue weighted by Crippen LogP contribution is 2.35. The summed E-state index contributed by atoms with van der Waals surface area (Å²) in [6.45, 7) is 0.768. The Morgan fingerprint density at radius 3 is 2.57 bits per heavy atom. The van der Waals surface area contributed by atoms with Gasteiger partial charge in [0.2, 0.25) is 10.0 Å². The molecule has 0 aliphatic carbocycles. The first-order valence-corrected chi connectivity index (χ1v) is 8.05. The Labute approximate surface area is 125 Å². The zero-order valence-electron chi connectivity index (χ0n) is 10.9. The van der Waals surface area contributed by atoms with Crippen LogP contribution in [0.3, 0.4) is 0 Å². The Kier molecular flexibility index (Phi) is 4.53. The second-order valence-corrected chi connectivity index (χ2v) is 7.21. The predicted octanol–water partition coefficient (Wildman–Crippen LogP) is 2.33. The van der Waals surface area contributed by atoms with Gasteiger partial charge in [0.15, 0.2) is 0 Å². The summed E-state index contributed by atoms with van der Waals surface area (Å²) in [5.74, 6) is 0.0179. The van der Waals surface area contributed by atoms with Crippen LogP contribution in [0, 0.1) is 5.92 Å². The average molecular weight is 343 g/mol. The van der Waals surface area contributed by atoms with Crippen molar-refractivity contribution in [2.45, 2.75) is 17.5 Å². The van der Waals surface area contributed by atoms with Crippen molar-refractivity contribution in [1.82, 2.24) is 4.31 Å². The van der Waals surface area contributed by atoms with Crippen LogP contribution < -0.4 is 5.73 Å². The van der Waals surface area contributed by atoms with Gasteiger partial charge in [-0.15, -0.1) is 0 Å². The molecule has 0 unspecified atom stereocenters. The van der Waals surface area contributed by atoms with Gasteiger partial charge in [-0.25, -0.2) is 8.42 Å². The van der Waals surface area contributed by atoms with Crippen molar-refractivity contribution < 1.29 is 21.6 Å². The lowest BCUT2D eigenvalue weighted by Gasteiger charge is -2.18. The normalized spacial score (nSPS) is 20.9. The number of hydrogen-bond acceptors (Lipinski definition) is 3.